The molecule has 3 aromatic rings. The SMILES string of the molecule is CC[C@@H](C)NC(=O)[C@@H](CC)N(CCc1ccccc1)C(=O)CN(c1cccc(Cl)c1)S(=O)(=O)c1ccc(Cl)cc1. The topological polar surface area (TPSA) is 86.8 Å². The van der Waals surface area contributed by atoms with Crippen molar-refractivity contribution in [2.45, 2.75) is 57.0 Å². The maximum absolute atomic E-state index is 14.0. The summed E-state index contributed by atoms with van der Waals surface area (Å²) in [5, 5.41) is 3.68. The molecule has 10 heteroatoms. The van der Waals surface area contributed by atoms with Crippen molar-refractivity contribution in [3.8, 4) is 0 Å². The lowest BCUT2D eigenvalue weighted by Gasteiger charge is -2.33. The van der Waals surface area contributed by atoms with Crippen LogP contribution in [0.15, 0.2) is 83.8 Å². The van der Waals surface area contributed by atoms with Gasteiger partial charge < -0.3 is 10.2 Å². The molecule has 0 aliphatic rings. The molecule has 0 saturated carbocycles. The van der Waals surface area contributed by atoms with Crippen LogP contribution in [-0.4, -0.2) is 50.3 Å². The zero-order valence-corrected chi connectivity index (χ0v) is 25.2. The zero-order chi connectivity index (χ0) is 29.3. The van der Waals surface area contributed by atoms with Gasteiger partial charge in [-0.2, -0.15) is 0 Å². The van der Waals surface area contributed by atoms with E-state index in [1.807, 2.05) is 51.1 Å². The Balaban J connectivity index is 2.01. The Labute approximate surface area is 247 Å². The maximum Gasteiger partial charge on any atom is 0.264 e. The first kappa shape index (κ1) is 31.5. The monoisotopic (exact) mass is 603 g/mol. The van der Waals surface area contributed by atoms with Gasteiger partial charge in [-0.25, -0.2) is 8.42 Å². The smallest absolute Gasteiger partial charge is 0.264 e. The van der Waals surface area contributed by atoms with Gasteiger partial charge in [0.25, 0.3) is 10.0 Å². The summed E-state index contributed by atoms with van der Waals surface area (Å²) >= 11 is 12.2. The molecule has 0 spiro atoms. The quantitative estimate of drug-likeness (QED) is 0.261. The lowest BCUT2D eigenvalue weighted by atomic mass is 10.1. The van der Waals surface area contributed by atoms with Crippen LogP contribution in [0.4, 0.5) is 5.69 Å². The minimum absolute atomic E-state index is 0.0259. The Bertz CT molecular complexity index is 1390. The van der Waals surface area contributed by atoms with Crippen molar-refractivity contribution in [2.24, 2.45) is 0 Å². The normalized spacial score (nSPS) is 12.8. The minimum atomic E-state index is -4.19. The largest absolute Gasteiger partial charge is 0.352 e. The van der Waals surface area contributed by atoms with Gasteiger partial charge in [0.05, 0.1) is 10.6 Å². The van der Waals surface area contributed by atoms with E-state index >= 15 is 0 Å². The molecule has 0 heterocycles. The van der Waals surface area contributed by atoms with Gasteiger partial charge in [-0.05, 0) is 74.2 Å². The predicted octanol–water partition coefficient (Wildman–Crippen LogP) is 5.95. The van der Waals surface area contributed by atoms with E-state index in [4.69, 9.17) is 23.2 Å². The molecule has 40 heavy (non-hydrogen) atoms. The molecule has 0 saturated heterocycles. The number of anilines is 1. The predicted molar refractivity (Wildman–Crippen MR) is 161 cm³/mol. The van der Waals surface area contributed by atoms with Crippen LogP contribution in [0.3, 0.4) is 0 Å². The van der Waals surface area contributed by atoms with Gasteiger partial charge in [0.15, 0.2) is 0 Å². The molecule has 214 valence electrons. The molecule has 0 radical (unpaired) electrons. The maximum atomic E-state index is 14.0. The van der Waals surface area contributed by atoms with Gasteiger partial charge >= 0.3 is 0 Å². The Morgan fingerprint density at radius 1 is 0.875 bits per heavy atom. The van der Waals surface area contributed by atoms with Crippen molar-refractivity contribution in [1.29, 1.82) is 0 Å². The highest BCUT2D eigenvalue weighted by atomic mass is 35.5. The van der Waals surface area contributed by atoms with Gasteiger partial charge in [0.1, 0.15) is 12.6 Å². The summed E-state index contributed by atoms with van der Waals surface area (Å²) in [4.78, 5) is 28.8. The number of sulfonamides is 1. The van der Waals surface area contributed by atoms with Crippen molar-refractivity contribution >= 4 is 50.7 Å². The van der Waals surface area contributed by atoms with Crippen LogP contribution in [-0.2, 0) is 26.0 Å². The lowest BCUT2D eigenvalue weighted by Crippen LogP contribution is -2.54. The third-order valence-corrected chi connectivity index (χ3v) is 8.92. The van der Waals surface area contributed by atoms with E-state index in [9.17, 15) is 18.0 Å². The molecule has 2 atom stereocenters. The zero-order valence-electron chi connectivity index (χ0n) is 22.9. The van der Waals surface area contributed by atoms with Crippen LogP contribution in [0.5, 0.6) is 0 Å². The Hall–Kier alpha value is -3.07. The number of hydrogen-bond donors (Lipinski definition) is 1. The fraction of sp³-hybridized carbons (Fsp3) is 0.333. The molecule has 0 fully saturated rings. The molecule has 3 rings (SSSR count). The summed E-state index contributed by atoms with van der Waals surface area (Å²) in [6.07, 6.45) is 1.60. The van der Waals surface area contributed by atoms with Crippen molar-refractivity contribution in [1.82, 2.24) is 10.2 Å². The molecule has 2 amide bonds. The van der Waals surface area contributed by atoms with E-state index in [2.05, 4.69) is 5.32 Å². The van der Waals surface area contributed by atoms with Crippen molar-refractivity contribution in [2.75, 3.05) is 17.4 Å². The van der Waals surface area contributed by atoms with E-state index in [0.29, 0.717) is 22.9 Å². The molecule has 0 bridgehead atoms. The highest BCUT2D eigenvalue weighted by Crippen LogP contribution is 2.27. The first-order chi connectivity index (χ1) is 19.1. The summed E-state index contributed by atoms with van der Waals surface area (Å²) in [6.45, 7) is 5.42. The Morgan fingerprint density at radius 2 is 1.55 bits per heavy atom. The number of rotatable bonds is 13. The van der Waals surface area contributed by atoms with Gasteiger partial charge in [-0.3, -0.25) is 13.9 Å². The van der Waals surface area contributed by atoms with Crippen molar-refractivity contribution in [3.05, 3.63) is 94.5 Å². The van der Waals surface area contributed by atoms with Crippen molar-refractivity contribution in [3.63, 3.8) is 0 Å². The van der Waals surface area contributed by atoms with Crippen molar-refractivity contribution < 1.29 is 18.0 Å². The Morgan fingerprint density at radius 3 is 2.15 bits per heavy atom. The van der Waals surface area contributed by atoms with E-state index < -0.39 is 28.5 Å². The van der Waals surface area contributed by atoms with E-state index in [-0.39, 0.29) is 29.1 Å². The van der Waals surface area contributed by atoms with Crippen LogP contribution in [0.1, 0.15) is 39.2 Å². The molecule has 3 aromatic carbocycles. The van der Waals surface area contributed by atoms with Crippen LogP contribution in [0, 0.1) is 0 Å². The number of hydrogen-bond acceptors (Lipinski definition) is 4. The van der Waals surface area contributed by atoms with Gasteiger partial charge in [-0.1, -0.05) is 73.4 Å². The molecule has 7 nitrogen and oxygen atoms in total. The van der Waals surface area contributed by atoms with Crippen LogP contribution >= 0.6 is 23.2 Å². The molecule has 0 unspecified atom stereocenters. The summed E-state index contributed by atoms with van der Waals surface area (Å²) in [5.41, 5.74) is 1.23. The second-order valence-corrected chi connectivity index (χ2v) is 12.2. The van der Waals surface area contributed by atoms with Gasteiger partial charge in [0.2, 0.25) is 11.8 Å². The van der Waals surface area contributed by atoms with Crippen LogP contribution in [0.2, 0.25) is 10.0 Å². The lowest BCUT2D eigenvalue weighted by molar-refractivity contribution is -0.139. The average molecular weight is 605 g/mol. The second-order valence-electron chi connectivity index (χ2n) is 9.51. The van der Waals surface area contributed by atoms with Gasteiger partial charge in [-0.15, -0.1) is 0 Å². The molecular weight excluding hydrogens is 569 g/mol. The molecule has 1 N–H and O–H groups in total. The Kier molecular flexibility index (Phi) is 11.4. The highest BCUT2D eigenvalue weighted by molar-refractivity contribution is 7.92. The second kappa shape index (κ2) is 14.5. The molecule has 0 aliphatic carbocycles. The summed E-state index contributed by atoms with van der Waals surface area (Å²) in [6, 6.07) is 20.8. The number of carbonyl (C=O) groups excluding carboxylic acids is 2. The summed E-state index contributed by atoms with van der Waals surface area (Å²) in [7, 11) is -4.19. The first-order valence-corrected chi connectivity index (χ1v) is 15.4. The van der Waals surface area contributed by atoms with E-state index in [0.717, 1.165) is 16.3 Å². The highest BCUT2D eigenvalue weighted by Gasteiger charge is 2.33. The molecular formula is C30H35Cl2N3O4S. The summed E-state index contributed by atoms with van der Waals surface area (Å²) < 4.78 is 28.7. The average Bonchev–Trinajstić information content (AvgIpc) is 2.94. The van der Waals surface area contributed by atoms with E-state index in [1.54, 1.807) is 18.2 Å². The number of amides is 2. The number of carbonyl (C=O) groups is 2. The fourth-order valence-electron chi connectivity index (χ4n) is 4.23. The van der Waals surface area contributed by atoms with Crippen LogP contribution in [0.25, 0.3) is 0 Å². The minimum Gasteiger partial charge on any atom is -0.352 e. The van der Waals surface area contributed by atoms with E-state index in [1.165, 1.54) is 35.2 Å². The number of benzene rings is 3. The number of nitrogens with one attached hydrogen (secondary N) is 1. The number of halogens is 2. The summed E-state index contributed by atoms with van der Waals surface area (Å²) in [5.74, 6) is -0.771. The fourth-order valence-corrected chi connectivity index (χ4v) is 5.95. The standard InChI is InChI=1S/C30H35Cl2N3O4S/c1-4-22(3)33-30(37)28(5-2)34(19-18-23-10-7-6-8-11-23)29(36)21-35(26-13-9-12-25(32)20-26)40(38,39)27-16-14-24(31)15-17-27/h6-17,20,22,28H,4-5,18-19,21H2,1-3H3,(H,33,37)/t22-,28-/m1/s1. The third-order valence-electron chi connectivity index (χ3n) is 6.65. The molecule has 0 aromatic heterocycles. The van der Waals surface area contributed by atoms with Gasteiger partial charge in [0, 0.05) is 22.6 Å². The molecule has 0 aliphatic heterocycles. The first-order valence-electron chi connectivity index (χ1n) is 13.2. The third kappa shape index (κ3) is 8.22. The van der Waals surface area contributed by atoms with Crippen LogP contribution < -0.4 is 9.62 Å². The number of nitrogens with zero attached hydrogens (tertiary/aromatic N) is 2.